The molecule has 1 aromatic rings. The van der Waals surface area contributed by atoms with E-state index in [1.165, 1.54) is 4.88 Å². The van der Waals surface area contributed by atoms with E-state index in [4.69, 9.17) is 16.7 Å². The van der Waals surface area contributed by atoms with Gasteiger partial charge in [-0.05, 0) is 57.3 Å². The Kier molecular flexibility index (Phi) is 4.19. The fourth-order valence-corrected chi connectivity index (χ4v) is 5.45. The average molecular weight is 357 g/mol. The van der Waals surface area contributed by atoms with Crippen LogP contribution in [0.1, 0.15) is 37.0 Å². The lowest BCUT2D eigenvalue weighted by atomic mass is 9.66. The number of amides is 2. The van der Waals surface area contributed by atoms with Gasteiger partial charge in [-0.15, -0.1) is 11.3 Å². The van der Waals surface area contributed by atoms with E-state index in [1.54, 1.807) is 11.3 Å². The molecule has 1 aliphatic carbocycles. The van der Waals surface area contributed by atoms with Crippen LogP contribution in [0.25, 0.3) is 0 Å². The fourth-order valence-electron chi connectivity index (χ4n) is 4.08. The molecule has 23 heavy (non-hydrogen) atoms. The van der Waals surface area contributed by atoms with E-state index in [0.29, 0.717) is 13.0 Å². The highest BCUT2D eigenvalue weighted by molar-refractivity contribution is 7.16. The Hall–Kier alpha value is -1.11. The Morgan fingerprint density at radius 2 is 1.96 bits per heavy atom. The first-order chi connectivity index (χ1) is 10.8. The Morgan fingerprint density at radius 3 is 2.39 bits per heavy atom. The molecule has 1 saturated heterocycles. The summed E-state index contributed by atoms with van der Waals surface area (Å²) in [6.07, 6.45) is 2.77. The Morgan fingerprint density at radius 1 is 1.30 bits per heavy atom. The molecule has 2 heterocycles. The van der Waals surface area contributed by atoms with Gasteiger partial charge in [-0.1, -0.05) is 11.6 Å². The number of carbonyl (C=O) groups excluding carboxylic acids is 1. The number of thiophene rings is 1. The van der Waals surface area contributed by atoms with Crippen LogP contribution < -0.4 is 0 Å². The molecule has 3 rings (SSSR count). The van der Waals surface area contributed by atoms with Crippen LogP contribution in [0.15, 0.2) is 12.1 Å². The number of nitrogens with zero attached hydrogens (tertiary/aromatic N) is 2. The van der Waals surface area contributed by atoms with Crippen LogP contribution in [-0.2, 0) is 10.3 Å². The van der Waals surface area contributed by atoms with Crippen LogP contribution in [0.3, 0.4) is 0 Å². The highest BCUT2D eigenvalue weighted by Gasteiger charge is 2.51. The molecule has 1 saturated carbocycles. The van der Waals surface area contributed by atoms with Gasteiger partial charge in [-0.25, -0.2) is 9.69 Å². The van der Waals surface area contributed by atoms with Crippen molar-refractivity contribution in [1.82, 2.24) is 9.80 Å². The maximum atomic E-state index is 12.0. The topological polar surface area (TPSA) is 60.9 Å². The monoisotopic (exact) mass is 356 g/mol. The second-order valence-corrected chi connectivity index (χ2v) is 8.68. The van der Waals surface area contributed by atoms with Crippen molar-refractivity contribution in [2.45, 2.75) is 37.6 Å². The van der Waals surface area contributed by atoms with Crippen molar-refractivity contribution in [1.29, 1.82) is 0 Å². The molecular weight excluding hydrogens is 336 g/mol. The van der Waals surface area contributed by atoms with E-state index < -0.39 is 6.09 Å². The largest absolute Gasteiger partial charge is 0.465 e. The molecule has 2 fully saturated rings. The molecule has 2 amide bonds. The van der Waals surface area contributed by atoms with E-state index in [2.05, 4.69) is 25.1 Å². The maximum Gasteiger partial charge on any atom is 0.414 e. The van der Waals surface area contributed by atoms with Crippen molar-refractivity contribution in [3.8, 4) is 0 Å². The molecule has 1 N–H and O–H groups in total. The molecule has 0 bridgehead atoms. The lowest BCUT2D eigenvalue weighted by molar-refractivity contribution is -0.126. The molecule has 1 aromatic heterocycles. The summed E-state index contributed by atoms with van der Waals surface area (Å²) >= 11 is 7.73. The quantitative estimate of drug-likeness (QED) is 0.879. The second-order valence-electron chi connectivity index (χ2n) is 6.97. The van der Waals surface area contributed by atoms with Crippen molar-refractivity contribution in [3.63, 3.8) is 0 Å². The molecule has 0 atom stereocenters. The van der Waals surface area contributed by atoms with Gasteiger partial charge in [0.05, 0.1) is 9.88 Å². The van der Waals surface area contributed by atoms with E-state index in [-0.39, 0.29) is 16.9 Å². The van der Waals surface area contributed by atoms with E-state index >= 15 is 0 Å². The van der Waals surface area contributed by atoms with Gasteiger partial charge < -0.3 is 5.11 Å². The molecule has 0 radical (unpaired) electrons. The number of carboxylic acid groups (broad SMARTS) is 1. The molecule has 126 valence electrons. The summed E-state index contributed by atoms with van der Waals surface area (Å²) in [5.41, 5.74) is -0.251. The number of hydrogen-bond acceptors (Lipinski definition) is 4. The van der Waals surface area contributed by atoms with Gasteiger partial charge in [0.1, 0.15) is 0 Å². The third kappa shape index (κ3) is 2.77. The Balaban J connectivity index is 1.81. The summed E-state index contributed by atoms with van der Waals surface area (Å²) in [5.74, 6) is -0.256. The van der Waals surface area contributed by atoms with Crippen molar-refractivity contribution >= 4 is 34.9 Å². The van der Waals surface area contributed by atoms with E-state index in [0.717, 1.165) is 34.9 Å². The van der Waals surface area contributed by atoms with E-state index in [1.807, 2.05) is 6.07 Å². The summed E-state index contributed by atoms with van der Waals surface area (Å²) in [6, 6.07) is 4.02. The van der Waals surface area contributed by atoms with Crippen LogP contribution in [0.5, 0.6) is 0 Å². The summed E-state index contributed by atoms with van der Waals surface area (Å²) < 4.78 is 0.787. The summed E-state index contributed by atoms with van der Waals surface area (Å²) in [7, 11) is 4.16. The minimum atomic E-state index is -1.12. The lowest BCUT2D eigenvalue weighted by Gasteiger charge is -2.47. The predicted octanol–water partition coefficient (Wildman–Crippen LogP) is 3.63. The molecule has 1 aliphatic heterocycles. The van der Waals surface area contributed by atoms with Crippen LogP contribution in [-0.4, -0.2) is 47.5 Å². The Bertz CT molecular complexity index is 635. The molecule has 0 unspecified atom stereocenters. The van der Waals surface area contributed by atoms with Gasteiger partial charge in [-0.2, -0.15) is 0 Å². The van der Waals surface area contributed by atoms with Crippen molar-refractivity contribution in [2.75, 3.05) is 20.6 Å². The van der Waals surface area contributed by atoms with Gasteiger partial charge in [0.25, 0.3) is 0 Å². The first-order valence-corrected chi connectivity index (χ1v) is 8.94. The van der Waals surface area contributed by atoms with Crippen molar-refractivity contribution < 1.29 is 14.7 Å². The zero-order valence-electron chi connectivity index (χ0n) is 13.3. The SMILES string of the molecule is CN(C)C1(c2ccc(Cl)s2)CCC2(CC1)CC(=O)N(C(=O)O)C2. The van der Waals surface area contributed by atoms with Crippen LogP contribution in [0.4, 0.5) is 4.79 Å². The standard InChI is InChI=1S/C16H21ClN2O3S/c1-18(2)16(11-3-4-12(17)23-11)7-5-15(6-8-16)9-13(20)19(10-15)14(21)22/h3-4H,5-10H2,1-2H3,(H,21,22). The van der Waals surface area contributed by atoms with Crippen molar-refractivity contribution in [2.24, 2.45) is 5.41 Å². The van der Waals surface area contributed by atoms with E-state index in [9.17, 15) is 9.59 Å². The Labute approximate surface area is 144 Å². The fraction of sp³-hybridized carbons (Fsp3) is 0.625. The smallest absolute Gasteiger partial charge is 0.414 e. The highest BCUT2D eigenvalue weighted by Crippen LogP contribution is 2.53. The van der Waals surface area contributed by atoms with Crippen molar-refractivity contribution in [3.05, 3.63) is 21.3 Å². The number of hydrogen-bond donors (Lipinski definition) is 1. The van der Waals surface area contributed by atoms with Gasteiger partial charge in [-0.3, -0.25) is 9.69 Å². The van der Waals surface area contributed by atoms with Gasteiger partial charge in [0, 0.05) is 17.8 Å². The van der Waals surface area contributed by atoms with Crippen LogP contribution in [0.2, 0.25) is 4.34 Å². The first-order valence-electron chi connectivity index (χ1n) is 7.75. The zero-order valence-corrected chi connectivity index (χ0v) is 14.9. The number of halogens is 1. The lowest BCUT2D eigenvalue weighted by Crippen LogP contribution is -2.47. The van der Waals surface area contributed by atoms with Gasteiger partial charge >= 0.3 is 6.09 Å². The minimum Gasteiger partial charge on any atom is -0.465 e. The minimum absolute atomic E-state index is 0.0667. The van der Waals surface area contributed by atoms with Gasteiger partial charge in [0.2, 0.25) is 5.91 Å². The molecule has 2 aliphatic rings. The number of likely N-dealkylation sites (tertiary alicyclic amines) is 1. The molecular formula is C16H21ClN2O3S. The van der Waals surface area contributed by atoms with Crippen LogP contribution >= 0.6 is 22.9 Å². The average Bonchev–Trinajstić information content (AvgIpc) is 3.05. The third-order valence-electron chi connectivity index (χ3n) is 5.58. The molecule has 0 aromatic carbocycles. The normalized spacial score (nSPS) is 31.3. The maximum absolute atomic E-state index is 12.0. The molecule has 5 nitrogen and oxygen atoms in total. The molecule has 1 spiro atoms. The van der Waals surface area contributed by atoms with Gasteiger partial charge in [0.15, 0.2) is 0 Å². The number of carbonyl (C=O) groups is 2. The predicted molar refractivity (Wildman–Crippen MR) is 89.9 cm³/mol. The zero-order chi connectivity index (χ0) is 16.8. The number of rotatable bonds is 2. The summed E-state index contributed by atoms with van der Waals surface area (Å²) in [5, 5.41) is 9.15. The first kappa shape index (κ1) is 16.7. The highest BCUT2D eigenvalue weighted by atomic mass is 35.5. The number of imide groups is 1. The second kappa shape index (κ2) is 5.76. The van der Waals surface area contributed by atoms with Crippen LogP contribution in [0, 0.1) is 5.41 Å². The molecule has 7 heteroatoms. The summed E-state index contributed by atoms with van der Waals surface area (Å²) in [4.78, 5) is 27.6. The third-order valence-corrected chi connectivity index (χ3v) is 7.00. The summed E-state index contributed by atoms with van der Waals surface area (Å²) in [6.45, 7) is 0.343.